The highest BCUT2D eigenvalue weighted by atomic mass is 15.1. The maximum atomic E-state index is 9.16. The van der Waals surface area contributed by atoms with Gasteiger partial charge in [-0.05, 0) is 94.0 Å². The van der Waals surface area contributed by atoms with Crippen LogP contribution in [-0.4, -0.2) is 13.6 Å². The lowest BCUT2D eigenvalue weighted by molar-refractivity contribution is 0.768. The average Bonchev–Trinajstić information content (AvgIpc) is 3.15. The molecule has 4 nitrogen and oxygen atoms in total. The normalized spacial score (nSPS) is 13.0. The molecule has 47 heavy (non-hydrogen) atoms. The van der Waals surface area contributed by atoms with Crippen molar-refractivity contribution in [3.8, 4) is 6.07 Å². The van der Waals surface area contributed by atoms with Gasteiger partial charge in [-0.25, -0.2) is 0 Å². The van der Waals surface area contributed by atoms with Gasteiger partial charge in [-0.1, -0.05) is 109 Å². The molecule has 0 fully saturated rings. The van der Waals surface area contributed by atoms with Crippen LogP contribution in [0.2, 0.25) is 0 Å². The predicted molar refractivity (Wildman–Crippen MR) is 200 cm³/mol. The summed E-state index contributed by atoms with van der Waals surface area (Å²) in [5.41, 5.74) is 13.5. The Hall–Kier alpha value is -5.89. The van der Waals surface area contributed by atoms with E-state index >= 15 is 0 Å². The Morgan fingerprint density at radius 2 is 1.40 bits per heavy atom. The zero-order chi connectivity index (χ0) is 32.2. The molecule has 1 heterocycles. The minimum Gasteiger partial charge on any atom is -0.361 e. The molecule has 0 amide bonds. The molecule has 0 aliphatic carbocycles. The SMILES string of the molecule is CN.N#Cc1ccc(/C=C\C(=C/Nc2ccc3ccc4c(N5CCCc6ccccc65)ccc5ccc2c3c54)c2ccccc2)cc1. The van der Waals surface area contributed by atoms with Gasteiger partial charge >= 0.3 is 0 Å². The Kier molecular flexibility index (Phi) is 8.39. The van der Waals surface area contributed by atoms with E-state index in [0.717, 1.165) is 41.8 Å². The molecule has 0 saturated heterocycles. The molecular formula is C43H36N4. The Balaban J connectivity index is 0.00000172. The number of allylic oxidation sites excluding steroid dienone is 2. The summed E-state index contributed by atoms with van der Waals surface area (Å²) < 4.78 is 0. The van der Waals surface area contributed by atoms with E-state index in [1.807, 2.05) is 30.3 Å². The summed E-state index contributed by atoms with van der Waals surface area (Å²) in [6, 6.07) is 47.2. The van der Waals surface area contributed by atoms with E-state index in [1.54, 1.807) is 0 Å². The third kappa shape index (κ3) is 5.70. The number of aryl methyl sites for hydroxylation is 1. The van der Waals surface area contributed by atoms with Crippen molar-refractivity contribution in [3.05, 3.63) is 162 Å². The first-order valence-electron chi connectivity index (χ1n) is 16.1. The second kappa shape index (κ2) is 13.2. The molecule has 4 heteroatoms. The number of benzene rings is 7. The number of nitrogens with zero attached hydrogens (tertiary/aromatic N) is 2. The number of anilines is 3. The van der Waals surface area contributed by atoms with Crippen LogP contribution in [0, 0.1) is 11.3 Å². The van der Waals surface area contributed by atoms with E-state index in [9.17, 15) is 0 Å². The lowest BCUT2D eigenvalue weighted by atomic mass is 9.91. The van der Waals surface area contributed by atoms with Crippen LogP contribution in [0.3, 0.4) is 0 Å². The lowest BCUT2D eigenvalue weighted by Gasteiger charge is -2.32. The molecule has 7 aromatic carbocycles. The second-order valence-electron chi connectivity index (χ2n) is 11.7. The maximum Gasteiger partial charge on any atom is 0.0991 e. The Bertz CT molecular complexity index is 2270. The maximum absolute atomic E-state index is 9.16. The molecule has 0 aromatic heterocycles. The van der Waals surface area contributed by atoms with Crippen LogP contribution in [0.4, 0.5) is 17.1 Å². The minimum atomic E-state index is 0.662. The van der Waals surface area contributed by atoms with Crippen LogP contribution < -0.4 is 16.0 Å². The van der Waals surface area contributed by atoms with Crippen LogP contribution in [0.25, 0.3) is 44.0 Å². The molecular weight excluding hydrogens is 573 g/mol. The second-order valence-corrected chi connectivity index (χ2v) is 11.7. The third-order valence-corrected chi connectivity index (χ3v) is 9.03. The Morgan fingerprint density at radius 3 is 2.19 bits per heavy atom. The molecule has 1 aliphatic rings. The summed E-state index contributed by atoms with van der Waals surface area (Å²) in [6.07, 6.45) is 8.60. The van der Waals surface area contributed by atoms with E-state index in [1.165, 1.54) is 56.3 Å². The monoisotopic (exact) mass is 608 g/mol. The van der Waals surface area contributed by atoms with Crippen LogP contribution in [0.15, 0.2) is 140 Å². The van der Waals surface area contributed by atoms with Crippen molar-refractivity contribution >= 4 is 61.0 Å². The first kappa shape index (κ1) is 29.8. The molecule has 0 saturated carbocycles. The van der Waals surface area contributed by atoms with Crippen LogP contribution >= 0.6 is 0 Å². The van der Waals surface area contributed by atoms with Gasteiger partial charge in [-0.2, -0.15) is 5.26 Å². The number of rotatable bonds is 6. The number of nitriles is 1. The van der Waals surface area contributed by atoms with Gasteiger partial charge in [0.25, 0.3) is 0 Å². The first-order valence-corrected chi connectivity index (χ1v) is 16.1. The highest BCUT2D eigenvalue weighted by Gasteiger charge is 2.21. The highest BCUT2D eigenvalue weighted by molar-refractivity contribution is 6.27. The van der Waals surface area contributed by atoms with Crippen molar-refractivity contribution in [2.24, 2.45) is 5.73 Å². The number of hydrogen-bond acceptors (Lipinski definition) is 4. The summed E-state index contributed by atoms with van der Waals surface area (Å²) in [6.45, 7) is 1.02. The summed E-state index contributed by atoms with van der Waals surface area (Å²) >= 11 is 0. The molecule has 0 spiro atoms. The molecule has 1 aliphatic heterocycles. The van der Waals surface area contributed by atoms with E-state index in [4.69, 9.17) is 5.26 Å². The molecule has 7 aromatic rings. The Labute approximate surface area is 276 Å². The van der Waals surface area contributed by atoms with Crippen LogP contribution in [-0.2, 0) is 6.42 Å². The van der Waals surface area contributed by atoms with Crippen molar-refractivity contribution < 1.29 is 0 Å². The summed E-state index contributed by atoms with van der Waals surface area (Å²) in [5.74, 6) is 0. The quantitative estimate of drug-likeness (QED) is 0.146. The topological polar surface area (TPSA) is 65.1 Å². The number of fused-ring (bicyclic) bond motifs is 1. The molecule has 228 valence electrons. The van der Waals surface area contributed by atoms with Gasteiger partial charge < -0.3 is 16.0 Å². The van der Waals surface area contributed by atoms with Crippen molar-refractivity contribution in [1.82, 2.24) is 0 Å². The fraction of sp³-hybridized carbons (Fsp3) is 0.0930. The predicted octanol–water partition coefficient (Wildman–Crippen LogP) is 10.3. The van der Waals surface area contributed by atoms with Crippen molar-refractivity contribution in [1.29, 1.82) is 5.26 Å². The van der Waals surface area contributed by atoms with Crippen molar-refractivity contribution in [2.45, 2.75) is 12.8 Å². The zero-order valence-electron chi connectivity index (χ0n) is 26.4. The molecule has 0 bridgehead atoms. The van der Waals surface area contributed by atoms with Crippen molar-refractivity contribution in [2.75, 3.05) is 23.8 Å². The van der Waals surface area contributed by atoms with Gasteiger partial charge in [-0.3, -0.25) is 0 Å². The third-order valence-electron chi connectivity index (χ3n) is 9.03. The van der Waals surface area contributed by atoms with Gasteiger partial charge in [0, 0.05) is 40.6 Å². The summed E-state index contributed by atoms with van der Waals surface area (Å²) in [5, 5.41) is 20.5. The fourth-order valence-electron chi connectivity index (χ4n) is 6.80. The van der Waals surface area contributed by atoms with Gasteiger partial charge in [0.15, 0.2) is 0 Å². The van der Waals surface area contributed by atoms with Gasteiger partial charge in [0.05, 0.1) is 11.6 Å². The van der Waals surface area contributed by atoms with E-state index < -0.39 is 0 Å². The van der Waals surface area contributed by atoms with Crippen LogP contribution in [0.1, 0.15) is 28.7 Å². The standard InChI is InChI=1S/C42H31N3.CH5N/c43-27-30-14-12-29(13-15-30)16-17-35(31-7-2-1-3-8-31)28-44-38-24-20-33-19-23-37-40(25-21-34-18-22-36(38)41(33)42(34)37)45-26-6-10-32-9-4-5-11-39(32)45;1-2/h1-5,7-9,11-25,28,44H,6,10,26H2;2H2,1H3/b17-16-,35-28+;. The number of hydrogen-bond donors (Lipinski definition) is 2. The zero-order valence-corrected chi connectivity index (χ0v) is 26.4. The number of nitrogens with one attached hydrogen (secondary N) is 1. The van der Waals surface area contributed by atoms with E-state index in [2.05, 4.69) is 137 Å². The van der Waals surface area contributed by atoms with E-state index in [-0.39, 0.29) is 0 Å². The summed E-state index contributed by atoms with van der Waals surface area (Å²) in [7, 11) is 1.50. The molecule has 3 N–H and O–H groups in total. The Morgan fingerprint density at radius 1 is 0.723 bits per heavy atom. The highest BCUT2D eigenvalue weighted by Crippen LogP contribution is 2.44. The molecule has 0 unspecified atom stereocenters. The fourth-order valence-corrected chi connectivity index (χ4v) is 6.80. The average molecular weight is 609 g/mol. The van der Waals surface area contributed by atoms with Gasteiger partial charge in [0.1, 0.15) is 0 Å². The molecule has 8 rings (SSSR count). The minimum absolute atomic E-state index is 0.662. The van der Waals surface area contributed by atoms with E-state index in [0.29, 0.717) is 5.56 Å². The summed E-state index contributed by atoms with van der Waals surface area (Å²) in [4.78, 5) is 2.51. The first-order chi connectivity index (χ1) is 23.3. The van der Waals surface area contributed by atoms with Crippen LogP contribution in [0.5, 0.6) is 0 Å². The molecule has 0 atom stereocenters. The lowest BCUT2D eigenvalue weighted by Crippen LogP contribution is -2.24. The smallest absolute Gasteiger partial charge is 0.0991 e. The van der Waals surface area contributed by atoms with Crippen molar-refractivity contribution in [3.63, 3.8) is 0 Å². The number of para-hydroxylation sites is 1. The number of nitrogens with two attached hydrogens (primary N) is 1. The van der Waals surface area contributed by atoms with Gasteiger partial charge in [-0.15, -0.1) is 0 Å². The molecule has 0 radical (unpaired) electrons. The van der Waals surface area contributed by atoms with Gasteiger partial charge in [0.2, 0.25) is 0 Å². The largest absolute Gasteiger partial charge is 0.361 e.